The quantitative estimate of drug-likeness (QED) is 0.494. The van der Waals surface area contributed by atoms with Crippen LogP contribution < -0.4 is 5.32 Å². The van der Waals surface area contributed by atoms with Crippen LogP contribution in [0.25, 0.3) is 21.8 Å². The maximum absolute atomic E-state index is 12.6. The van der Waals surface area contributed by atoms with Crippen LogP contribution in [-0.4, -0.2) is 21.8 Å². The first kappa shape index (κ1) is 14.0. The number of hydrogen-bond donors (Lipinski definition) is 3. The van der Waals surface area contributed by atoms with Crippen molar-refractivity contribution in [1.29, 1.82) is 0 Å². The van der Waals surface area contributed by atoms with Gasteiger partial charge >= 0.3 is 0 Å². The van der Waals surface area contributed by atoms with Gasteiger partial charge in [0.15, 0.2) is 0 Å². The number of aromatic amines is 2. The molecule has 3 heterocycles. The highest BCUT2D eigenvalue weighted by Crippen LogP contribution is 2.42. The molecule has 3 N–H and O–H groups in total. The average Bonchev–Trinajstić information content (AvgIpc) is 3.30. The molecule has 2 atom stereocenters. The number of carbonyl (C=O) groups excluding carboxylic acids is 2. The third-order valence-corrected chi connectivity index (χ3v) is 5.06. The summed E-state index contributed by atoms with van der Waals surface area (Å²) in [5.41, 5.74) is 3.63. The van der Waals surface area contributed by atoms with E-state index in [9.17, 15) is 9.59 Å². The zero-order valence-corrected chi connectivity index (χ0v) is 13.2. The Morgan fingerprint density at radius 1 is 0.640 bits per heavy atom. The highest BCUT2D eigenvalue weighted by Gasteiger charge is 2.45. The van der Waals surface area contributed by atoms with Gasteiger partial charge in [0.25, 0.3) is 0 Å². The van der Waals surface area contributed by atoms with E-state index in [1.54, 1.807) is 0 Å². The molecule has 4 aromatic rings. The molecule has 1 aliphatic heterocycles. The van der Waals surface area contributed by atoms with Gasteiger partial charge < -0.3 is 9.97 Å². The second kappa shape index (κ2) is 5.08. The molecule has 1 fully saturated rings. The Balaban J connectivity index is 1.72. The molecule has 5 heteroatoms. The van der Waals surface area contributed by atoms with Crippen LogP contribution in [0.4, 0.5) is 0 Å². The molecule has 25 heavy (non-hydrogen) atoms. The van der Waals surface area contributed by atoms with Crippen LogP contribution in [-0.2, 0) is 9.59 Å². The van der Waals surface area contributed by atoms with E-state index in [1.165, 1.54) is 0 Å². The smallest absolute Gasteiger partial charge is 0.235 e. The Hall–Kier alpha value is -3.34. The van der Waals surface area contributed by atoms with E-state index in [1.807, 2.05) is 60.9 Å². The summed E-state index contributed by atoms with van der Waals surface area (Å²) >= 11 is 0. The first-order valence-corrected chi connectivity index (χ1v) is 8.21. The van der Waals surface area contributed by atoms with Crippen LogP contribution in [0.5, 0.6) is 0 Å². The number of amides is 2. The largest absolute Gasteiger partial charge is 0.361 e. The third-order valence-electron chi connectivity index (χ3n) is 5.06. The van der Waals surface area contributed by atoms with E-state index in [0.717, 1.165) is 32.9 Å². The van der Waals surface area contributed by atoms with Gasteiger partial charge in [-0.2, -0.15) is 0 Å². The predicted octanol–water partition coefficient (Wildman–Crippen LogP) is 3.17. The molecule has 2 amide bonds. The van der Waals surface area contributed by atoms with Crippen molar-refractivity contribution in [2.45, 2.75) is 11.8 Å². The minimum absolute atomic E-state index is 0.245. The van der Waals surface area contributed by atoms with Crippen LogP contribution in [0.15, 0.2) is 60.9 Å². The molecule has 5 nitrogen and oxygen atoms in total. The molecular weight excluding hydrogens is 314 g/mol. The molecule has 0 bridgehead atoms. The molecule has 0 aliphatic carbocycles. The van der Waals surface area contributed by atoms with E-state index >= 15 is 0 Å². The predicted molar refractivity (Wildman–Crippen MR) is 95.2 cm³/mol. The van der Waals surface area contributed by atoms with Crippen LogP contribution in [0.1, 0.15) is 23.0 Å². The summed E-state index contributed by atoms with van der Waals surface area (Å²) in [5.74, 6) is -1.57. The molecule has 5 rings (SSSR count). The van der Waals surface area contributed by atoms with E-state index < -0.39 is 11.8 Å². The van der Waals surface area contributed by atoms with Crippen molar-refractivity contribution >= 4 is 33.6 Å². The van der Waals surface area contributed by atoms with Crippen LogP contribution in [0.3, 0.4) is 0 Å². The van der Waals surface area contributed by atoms with Crippen molar-refractivity contribution in [2.75, 3.05) is 0 Å². The molecule has 0 radical (unpaired) electrons. The summed E-state index contributed by atoms with van der Waals surface area (Å²) in [7, 11) is 0. The fraction of sp³-hybridized carbons (Fsp3) is 0.100. The number of imide groups is 1. The molecule has 1 saturated heterocycles. The van der Waals surface area contributed by atoms with Gasteiger partial charge in [0, 0.05) is 34.2 Å². The van der Waals surface area contributed by atoms with Crippen molar-refractivity contribution in [2.24, 2.45) is 0 Å². The van der Waals surface area contributed by atoms with Gasteiger partial charge in [-0.1, -0.05) is 36.4 Å². The fourth-order valence-corrected chi connectivity index (χ4v) is 3.92. The van der Waals surface area contributed by atoms with Gasteiger partial charge in [-0.3, -0.25) is 14.9 Å². The lowest BCUT2D eigenvalue weighted by Gasteiger charge is -2.14. The first-order valence-electron chi connectivity index (χ1n) is 8.21. The maximum Gasteiger partial charge on any atom is 0.235 e. The number of para-hydroxylation sites is 2. The number of fused-ring (bicyclic) bond motifs is 2. The molecule has 2 unspecified atom stereocenters. The average molecular weight is 329 g/mol. The third kappa shape index (κ3) is 1.96. The highest BCUT2D eigenvalue weighted by molar-refractivity contribution is 6.13. The SMILES string of the molecule is O=C1NC(=O)C(c2c[nH]c3ccccc23)C1c1c[nH]c2ccccc12. The van der Waals surface area contributed by atoms with Gasteiger partial charge in [-0.05, 0) is 23.3 Å². The Morgan fingerprint density at radius 3 is 1.56 bits per heavy atom. The lowest BCUT2D eigenvalue weighted by Crippen LogP contribution is -2.21. The van der Waals surface area contributed by atoms with E-state index in [-0.39, 0.29) is 11.8 Å². The minimum atomic E-state index is -0.539. The lowest BCUT2D eigenvalue weighted by atomic mass is 9.83. The van der Waals surface area contributed by atoms with Crippen molar-refractivity contribution in [1.82, 2.24) is 15.3 Å². The topological polar surface area (TPSA) is 77.8 Å². The standard InChI is InChI=1S/C20H15N3O2/c24-19-17(13-9-21-15-7-3-1-5-11(13)15)18(20(25)23-19)14-10-22-16-8-4-2-6-12(14)16/h1-10,17-18,21-22H,(H,23,24,25). The summed E-state index contributed by atoms with van der Waals surface area (Å²) in [5, 5.41) is 4.47. The summed E-state index contributed by atoms with van der Waals surface area (Å²) in [6.45, 7) is 0. The fourth-order valence-electron chi connectivity index (χ4n) is 3.92. The molecule has 122 valence electrons. The molecule has 2 aromatic heterocycles. The maximum atomic E-state index is 12.6. The number of carbonyl (C=O) groups is 2. The zero-order chi connectivity index (χ0) is 17.0. The molecular formula is C20H15N3O2. The van der Waals surface area contributed by atoms with Crippen LogP contribution in [0.2, 0.25) is 0 Å². The Labute approximate surface area is 143 Å². The Kier molecular flexibility index (Phi) is 2.85. The van der Waals surface area contributed by atoms with Crippen LogP contribution in [0, 0.1) is 0 Å². The number of benzene rings is 2. The summed E-state index contributed by atoms with van der Waals surface area (Å²) in [6.07, 6.45) is 3.69. The lowest BCUT2D eigenvalue weighted by molar-refractivity contribution is -0.125. The van der Waals surface area contributed by atoms with Gasteiger partial charge in [0.2, 0.25) is 11.8 Å². The summed E-state index contributed by atoms with van der Waals surface area (Å²) in [6, 6.07) is 15.7. The van der Waals surface area contributed by atoms with Gasteiger partial charge in [-0.15, -0.1) is 0 Å². The van der Waals surface area contributed by atoms with Crippen molar-refractivity contribution in [3.8, 4) is 0 Å². The van der Waals surface area contributed by atoms with Crippen molar-refractivity contribution < 1.29 is 9.59 Å². The molecule has 1 aliphatic rings. The van der Waals surface area contributed by atoms with Gasteiger partial charge in [0.05, 0.1) is 11.8 Å². The second-order valence-corrected chi connectivity index (χ2v) is 6.39. The summed E-state index contributed by atoms with van der Waals surface area (Å²) in [4.78, 5) is 31.6. The van der Waals surface area contributed by atoms with E-state index in [2.05, 4.69) is 15.3 Å². The normalized spacial score (nSPS) is 20.5. The summed E-state index contributed by atoms with van der Waals surface area (Å²) < 4.78 is 0. The van der Waals surface area contributed by atoms with Gasteiger partial charge in [0.1, 0.15) is 0 Å². The van der Waals surface area contributed by atoms with Crippen LogP contribution >= 0.6 is 0 Å². The van der Waals surface area contributed by atoms with Gasteiger partial charge in [-0.25, -0.2) is 0 Å². The second-order valence-electron chi connectivity index (χ2n) is 6.39. The number of H-pyrrole nitrogens is 2. The zero-order valence-electron chi connectivity index (χ0n) is 13.2. The van der Waals surface area contributed by atoms with E-state index in [4.69, 9.17) is 0 Å². The minimum Gasteiger partial charge on any atom is -0.361 e. The number of hydrogen-bond acceptors (Lipinski definition) is 2. The number of nitrogens with one attached hydrogen (secondary N) is 3. The molecule has 0 spiro atoms. The van der Waals surface area contributed by atoms with Crippen molar-refractivity contribution in [3.05, 3.63) is 72.1 Å². The molecule has 0 saturated carbocycles. The van der Waals surface area contributed by atoms with Crippen molar-refractivity contribution in [3.63, 3.8) is 0 Å². The highest BCUT2D eigenvalue weighted by atomic mass is 16.2. The first-order chi connectivity index (χ1) is 12.2. The Morgan fingerprint density at radius 2 is 1.08 bits per heavy atom. The Bertz CT molecular complexity index is 1050. The number of aromatic nitrogens is 2. The number of rotatable bonds is 2. The van der Waals surface area contributed by atoms with E-state index in [0.29, 0.717) is 0 Å². The monoisotopic (exact) mass is 329 g/mol. The molecule has 2 aromatic carbocycles.